The molecule has 0 spiro atoms. The molecule has 3 aromatic rings. The lowest BCUT2D eigenvalue weighted by Gasteiger charge is -2.35. The van der Waals surface area contributed by atoms with E-state index in [1.165, 1.54) is 6.20 Å². The molecular weight excluding hydrogens is 466 g/mol. The van der Waals surface area contributed by atoms with Gasteiger partial charge in [0, 0.05) is 31.7 Å². The third-order valence-electron chi connectivity index (χ3n) is 5.22. The minimum Gasteiger partial charge on any atom is -0.496 e. The van der Waals surface area contributed by atoms with E-state index in [9.17, 15) is 9.70 Å². The summed E-state index contributed by atoms with van der Waals surface area (Å²) >= 11 is 3.44. The Morgan fingerprint density at radius 3 is 2.65 bits per heavy atom. The summed E-state index contributed by atoms with van der Waals surface area (Å²) in [6, 6.07) is 9.03. The van der Waals surface area contributed by atoms with Crippen LogP contribution in [-0.2, 0) is 0 Å². The Hall–Kier alpha value is -3.27. The van der Waals surface area contributed by atoms with E-state index in [2.05, 4.69) is 36.1 Å². The van der Waals surface area contributed by atoms with E-state index in [0.717, 1.165) is 5.82 Å². The lowest BCUT2D eigenvalue weighted by Crippen LogP contribution is -2.49. The number of ether oxygens (including phenoxy) is 1. The lowest BCUT2D eigenvalue weighted by atomic mass is 10.0. The topological polar surface area (TPSA) is 101 Å². The second-order valence-corrected chi connectivity index (χ2v) is 7.89. The van der Waals surface area contributed by atoms with Crippen molar-refractivity contribution < 1.29 is 14.1 Å². The van der Waals surface area contributed by atoms with Crippen LogP contribution in [0, 0.1) is 11.8 Å². The van der Waals surface area contributed by atoms with Crippen LogP contribution in [-0.4, -0.2) is 54.2 Å². The quantitative estimate of drug-likeness (QED) is 0.499. The van der Waals surface area contributed by atoms with Gasteiger partial charge in [-0.05, 0) is 46.2 Å². The largest absolute Gasteiger partial charge is 0.496 e. The minimum atomic E-state index is -0.133. The summed E-state index contributed by atoms with van der Waals surface area (Å²) in [4.78, 5) is 32.2. The molecule has 9 nitrogen and oxygen atoms in total. The predicted octanol–water partition coefficient (Wildman–Crippen LogP) is 4.18. The van der Waals surface area contributed by atoms with Gasteiger partial charge in [0.05, 0.1) is 17.8 Å². The molecule has 31 heavy (non-hydrogen) atoms. The van der Waals surface area contributed by atoms with Crippen molar-refractivity contribution >= 4 is 33.3 Å². The molecule has 1 aliphatic rings. The van der Waals surface area contributed by atoms with Crippen LogP contribution in [0.3, 0.4) is 0 Å². The molecule has 1 aromatic carbocycles. The smallest absolute Gasteiger partial charge is 0.259 e. The van der Waals surface area contributed by atoms with Crippen molar-refractivity contribution in [2.45, 2.75) is 6.92 Å². The zero-order valence-corrected chi connectivity index (χ0v) is 18.6. The number of halogens is 1. The molecule has 0 unspecified atom stereocenters. The normalized spacial score (nSPS) is 13.9. The Kier molecular flexibility index (Phi) is 5.99. The zero-order valence-electron chi connectivity index (χ0n) is 17.0. The van der Waals surface area contributed by atoms with Crippen LogP contribution in [0.5, 0.6) is 5.75 Å². The number of carbonyl (C=O) groups is 1. The first-order chi connectivity index (χ1) is 15.0. The van der Waals surface area contributed by atoms with E-state index >= 15 is 0 Å². The highest BCUT2D eigenvalue weighted by atomic mass is 79.9. The van der Waals surface area contributed by atoms with Crippen LogP contribution in [0.25, 0.3) is 11.3 Å². The van der Waals surface area contributed by atoms with Gasteiger partial charge < -0.3 is 19.1 Å². The number of hydrogen-bond donors (Lipinski definition) is 0. The number of para-hydroxylation sites is 1. The molecule has 4 rings (SSSR count). The first-order valence-corrected chi connectivity index (χ1v) is 10.5. The SMILES string of the molecule is COc1ccccc1-c1noc(C)c1C(=O)N1CCN(c2ncc(N=O)cc2Br)CC1. The number of methoxy groups -OCH3 is 1. The number of nitroso groups, excluding NO2 is 1. The fourth-order valence-electron chi connectivity index (χ4n) is 3.63. The maximum absolute atomic E-state index is 13.4. The first kappa shape index (κ1) is 21.0. The van der Waals surface area contributed by atoms with Gasteiger partial charge in [-0.15, -0.1) is 4.91 Å². The minimum absolute atomic E-state index is 0.133. The third kappa shape index (κ3) is 4.02. The molecule has 10 heteroatoms. The van der Waals surface area contributed by atoms with Gasteiger partial charge in [0.15, 0.2) is 0 Å². The Morgan fingerprint density at radius 2 is 1.97 bits per heavy atom. The Labute approximate surface area is 187 Å². The monoisotopic (exact) mass is 485 g/mol. The van der Waals surface area contributed by atoms with Gasteiger partial charge in [0.1, 0.15) is 34.3 Å². The number of amides is 1. The van der Waals surface area contributed by atoms with Crippen molar-refractivity contribution in [2.24, 2.45) is 5.18 Å². The van der Waals surface area contributed by atoms with Gasteiger partial charge in [0.25, 0.3) is 5.91 Å². The maximum atomic E-state index is 13.4. The number of nitrogens with zero attached hydrogens (tertiary/aromatic N) is 5. The summed E-state index contributed by atoms with van der Waals surface area (Å²) < 4.78 is 11.5. The van der Waals surface area contributed by atoms with Crippen molar-refractivity contribution in [3.8, 4) is 17.0 Å². The van der Waals surface area contributed by atoms with Crippen LogP contribution in [0.4, 0.5) is 11.5 Å². The highest BCUT2D eigenvalue weighted by Crippen LogP contribution is 2.34. The van der Waals surface area contributed by atoms with E-state index < -0.39 is 0 Å². The summed E-state index contributed by atoms with van der Waals surface area (Å²) in [5.74, 6) is 1.68. The van der Waals surface area contributed by atoms with Crippen molar-refractivity contribution in [1.82, 2.24) is 15.0 Å². The van der Waals surface area contributed by atoms with E-state index in [0.29, 0.717) is 59.0 Å². The van der Waals surface area contributed by atoms with E-state index in [-0.39, 0.29) is 11.6 Å². The molecule has 1 aliphatic heterocycles. The third-order valence-corrected chi connectivity index (χ3v) is 5.80. The summed E-state index contributed by atoms with van der Waals surface area (Å²) in [6.45, 7) is 3.95. The van der Waals surface area contributed by atoms with Crippen molar-refractivity contribution in [3.63, 3.8) is 0 Å². The molecule has 0 aliphatic carbocycles. The first-order valence-electron chi connectivity index (χ1n) is 9.66. The zero-order chi connectivity index (χ0) is 22.0. The summed E-state index contributed by atoms with van der Waals surface area (Å²) in [6.07, 6.45) is 1.44. The molecule has 3 heterocycles. The molecule has 1 saturated heterocycles. The average Bonchev–Trinajstić information content (AvgIpc) is 3.19. The van der Waals surface area contributed by atoms with E-state index in [1.807, 2.05) is 24.3 Å². The predicted molar refractivity (Wildman–Crippen MR) is 119 cm³/mol. The molecule has 2 aromatic heterocycles. The van der Waals surface area contributed by atoms with Crippen LogP contribution in [0.2, 0.25) is 0 Å². The fraction of sp³-hybridized carbons (Fsp3) is 0.286. The molecular formula is C21H20BrN5O4. The summed E-state index contributed by atoms with van der Waals surface area (Å²) in [7, 11) is 1.58. The lowest BCUT2D eigenvalue weighted by molar-refractivity contribution is 0.0745. The fourth-order valence-corrected chi connectivity index (χ4v) is 4.22. The Morgan fingerprint density at radius 1 is 1.23 bits per heavy atom. The Balaban J connectivity index is 1.54. The number of hydrogen-bond acceptors (Lipinski definition) is 8. The van der Waals surface area contributed by atoms with Crippen LogP contribution in [0.15, 0.2) is 50.7 Å². The molecule has 1 fully saturated rings. The second kappa shape index (κ2) is 8.84. The number of benzene rings is 1. The number of pyridine rings is 1. The van der Waals surface area contributed by atoms with Gasteiger partial charge in [-0.3, -0.25) is 4.79 Å². The highest BCUT2D eigenvalue weighted by molar-refractivity contribution is 9.10. The number of rotatable bonds is 5. The summed E-state index contributed by atoms with van der Waals surface area (Å²) in [5, 5.41) is 7.03. The van der Waals surface area contributed by atoms with Crippen LogP contribution in [0.1, 0.15) is 16.1 Å². The highest BCUT2D eigenvalue weighted by Gasteiger charge is 2.30. The molecule has 0 bridgehead atoms. The number of aryl methyl sites for hydroxylation is 1. The molecule has 0 atom stereocenters. The Bertz CT molecular complexity index is 1120. The van der Waals surface area contributed by atoms with Gasteiger partial charge >= 0.3 is 0 Å². The molecule has 0 N–H and O–H groups in total. The van der Waals surface area contributed by atoms with E-state index in [4.69, 9.17) is 9.26 Å². The number of anilines is 1. The molecule has 0 radical (unpaired) electrons. The molecule has 160 valence electrons. The van der Waals surface area contributed by atoms with Crippen molar-refractivity contribution in [1.29, 1.82) is 0 Å². The van der Waals surface area contributed by atoms with Gasteiger partial charge in [0.2, 0.25) is 0 Å². The van der Waals surface area contributed by atoms with Crippen molar-refractivity contribution in [3.05, 3.63) is 57.2 Å². The maximum Gasteiger partial charge on any atom is 0.259 e. The molecule has 1 amide bonds. The number of carbonyl (C=O) groups excluding carboxylic acids is 1. The van der Waals surface area contributed by atoms with E-state index in [1.54, 1.807) is 25.0 Å². The second-order valence-electron chi connectivity index (χ2n) is 7.03. The van der Waals surface area contributed by atoms with Gasteiger partial charge in [-0.2, -0.15) is 0 Å². The van der Waals surface area contributed by atoms with Crippen molar-refractivity contribution in [2.75, 3.05) is 38.2 Å². The van der Waals surface area contributed by atoms with Gasteiger partial charge in [-0.25, -0.2) is 4.98 Å². The summed E-state index contributed by atoms with van der Waals surface area (Å²) in [5.41, 5.74) is 1.89. The average molecular weight is 486 g/mol. The van der Waals surface area contributed by atoms with Gasteiger partial charge in [-0.1, -0.05) is 17.3 Å². The molecule has 0 saturated carbocycles. The number of piperazine rings is 1. The van der Waals surface area contributed by atoms with Crippen LogP contribution < -0.4 is 9.64 Å². The number of aromatic nitrogens is 2. The standard InChI is InChI=1S/C21H20BrN5O4/c1-13-18(19(25-31-13)15-5-3-4-6-17(15)30-2)21(28)27-9-7-26(8-10-27)20-16(22)11-14(24-29)12-23-20/h3-6,11-12H,7-10H2,1-2H3. The van der Waals surface area contributed by atoms with Crippen LogP contribution >= 0.6 is 15.9 Å².